The van der Waals surface area contributed by atoms with Crippen molar-refractivity contribution in [2.75, 3.05) is 14.2 Å². The first-order valence-corrected chi connectivity index (χ1v) is 12.0. The number of carbonyl (C=O) groups is 1. The van der Waals surface area contributed by atoms with Crippen molar-refractivity contribution in [2.24, 2.45) is 0 Å². The molecule has 5 heteroatoms. The summed E-state index contributed by atoms with van der Waals surface area (Å²) in [5.74, 6) is 1.99. The molecule has 3 nitrogen and oxygen atoms in total. The van der Waals surface area contributed by atoms with Gasteiger partial charge in [0, 0.05) is 5.56 Å². The zero-order valence-electron chi connectivity index (χ0n) is 17.8. The van der Waals surface area contributed by atoms with Crippen LogP contribution in [0.4, 0.5) is 0 Å². The minimum Gasteiger partial charge on any atom is -0.497 e. The number of rotatable bonds is 2. The smallest absolute Gasteiger partial charge is 0.176 e. The predicted octanol–water partition coefficient (Wildman–Crippen LogP) is 7.14. The molecule has 0 heterocycles. The average molecular weight is 536 g/mol. The lowest BCUT2D eigenvalue weighted by Gasteiger charge is -2.09. The van der Waals surface area contributed by atoms with E-state index in [4.69, 9.17) is 9.47 Å². The third kappa shape index (κ3) is 5.36. The summed E-state index contributed by atoms with van der Waals surface area (Å²) in [5, 5.41) is 0. The Morgan fingerprint density at radius 1 is 0.867 bits per heavy atom. The number of hydrogen-bond donors (Lipinski definition) is 0. The number of fused-ring (bicyclic) bond motifs is 2. The van der Waals surface area contributed by atoms with Crippen molar-refractivity contribution in [3.63, 3.8) is 0 Å². The van der Waals surface area contributed by atoms with E-state index in [1.165, 1.54) is 27.6 Å². The van der Waals surface area contributed by atoms with E-state index in [1.807, 2.05) is 24.3 Å². The van der Waals surface area contributed by atoms with Crippen LogP contribution in [0.5, 0.6) is 11.5 Å². The Morgan fingerprint density at radius 3 is 2.07 bits per heavy atom. The van der Waals surface area contributed by atoms with Gasteiger partial charge in [0.2, 0.25) is 0 Å². The Balaban J connectivity index is 0.000000171. The van der Waals surface area contributed by atoms with Gasteiger partial charge in [-0.05, 0) is 103 Å². The van der Waals surface area contributed by atoms with Gasteiger partial charge in [-0.3, -0.25) is 4.79 Å². The summed E-state index contributed by atoms with van der Waals surface area (Å²) in [6.45, 7) is 2.18. The molecule has 30 heavy (non-hydrogen) atoms. The van der Waals surface area contributed by atoms with Gasteiger partial charge in [-0.25, -0.2) is 0 Å². The summed E-state index contributed by atoms with van der Waals surface area (Å²) in [4.78, 5) is 11.9. The molecule has 4 rings (SSSR count). The molecule has 0 saturated heterocycles. The molecule has 2 aliphatic carbocycles. The first-order chi connectivity index (χ1) is 14.4. The standard InChI is InChI=1S/C13H15BrO.C12H13BrO2/c1-9-12-7-6-11(15-2)8-10(12)4-3-5-13(9)14;1-15-9-5-6-10-8(7-9)3-2-4-11(13)12(10)14/h6-8H,3-5H2,1-2H3;5-7,11H,2-4H2,1H3. The summed E-state index contributed by atoms with van der Waals surface area (Å²) < 4.78 is 11.8. The van der Waals surface area contributed by atoms with Crippen LogP contribution in [-0.4, -0.2) is 24.8 Å². The van der Waals surface area contributed by atoms with E-state index < -0.39 is 0 Å². The van der Waals surface area contributed by atoms with Gasteiger partial charge in [-0.15, -0.1) is 0 Å². The molecule has 2 aliphatic rings. The van der Waals surface area contributed by atoms with Crippen molar-refractivity contribution in [3.05, 3.63) is 63.1 Å². The van der Waals surface area contributed by atoms with Crippen LogP contribution in [-0.2, 0) is 12.8 Å². The summed E-state index contributed by atoms with van der Waals surface area (Å²) in [6.07, 6.45) is 6.40. The summed E-state index contributed by atoms with van der Waals surface area (Å²) >= 11 is 7.09. The molecule has 0 aromatic heterocycles. The van der Waals surface area contributed by atoms with E-state index in [-0.39, 0.29) is 10.6 Å². The van der Waals surface area contributed by atoms with Gasteiger partial charge in [-0.1, -0.05) is 37.9 Å². The summed E-state index contributed by atoms with van der Waals surface area (Å²) in [6, 6.07) is 12.0. The van der Waals surface area contributed by atoms with Crippen molar-refractivity contribution < 1.29 is 14.3 Å². The molecule has 2 aromatic rings. The Kier molecular flexibility index (Phi) is 8.18. The van der Waals surface area contributed by atoms with Crippen molar-refractivity contribution in [1.82, 2.24) is 0 Å². The molecule has 0 aliphatic heterocycles. The van der Waals surface area contributed by atoms with E-state index in [0.717, 1.165) is 54.7 Å². The number of Topliss-reactive ketones (excluding diaryl/α,β-unsaturated/α-hetero) is 1. The molecular formula is C25H28Br2O3. The topological polar surface area (TPSA) is 35.5 Å². The van der Waals surface area contributed by atoms with Gasteiger partial charge in [0.05, 0.1) is 19.0 Å². The number of carbonyl (C=O) groups excluding carboxylic acids is 1. The Morgan fingerprint density at radius 2 is 1.43 bits per heavy atom. The number of aryl methyl sites for hydroxylation is 2. The fourth-order valence-corrected chi connectivity index (χ4v) is 5.02. The van der Waals surface area contributed by atoms with Crippen LogP contribution in [0.1, 0.15) is 59.7 Å². The minimum absolute atomic E-state index is 0.0212. The number of alkyl halides is 1. The van der Waals surface area contributed by atoms with Crippen LogP contribution in [0.2, 0.25) is 0 Å². The molecule has 0 saturated carbocycles. The SMILES string of the molecule is COc1ccc2c(c1)CCCC(Br)=C2C.COc1ccc2c(c1)CCCC(Br)C2=O. The lowest BCUT2D eigenvalue weighted by atomic mass is 10.00. The normalized spacial score (nSPS) is 18.3. The third-order valence-corrected chi connectivity index (χ3v) is 7.60. The minimum atomic E-state index is -0.0212. The van der Waals surface area contributed by atoms with Crippen molar-refractivity contribution in [2.45, 2.75) is 50.3 Å². The summed E-state index contributed by atoms with van der Waals surface area (Å²) in [5.41, 5.74) is 6.09. The van der Waals surface area contributed by atoms with E-state index in [0.29, 0.717) is 0 Å². The summed E-state index contributed by atoms with van der Waals surface area (Å²) in [7, 11) is 3.37. The van der Waals surface area contributed by atoms with Crippen LogP contribution in [0.15, 0.2) is 40.9 Å². The monoisotopic (exact) mass is 534 g/mol. The van der Waals surface area contributed by atoms with Crippen molar-refractivity contribution in [1.29, 1.82) is 0 Å². The third-order valence-electron chi connectivity index (χ3n) is 5.73. The van der Waals surface area contributed by atoms with E-state index in [2.05, 4.69) is 50.9 Å². The Bertz CT molecular complexity index is 949. The molecule has 0 spiro atoms. The fourth-order valence-electron chi connectivity index (χ4n) is 3.95. The highest BCUT2D eigenvalue weighted by Gasteiger charge is 2.23. The maximum Gasteiger partial charge on any atom is 0.176 e. The lowest BCUT2D eigenvalue weighted by Crippen LogP contribution is -2.12. The van der Waals surface area contributed by atoms with Gasteiger partial charge in [0.25, 0.3) is 0 Å². The zero-order valence-corrected chi connectivity index (χ0v) is 20.9. The van der Waals surface area contributed by atoms with Crippen LogP contribution in [0.25, 0.3) is 5.57 Å². The Hall–Kier alpha value is -1.59. The van der Waals surface area contributed by atoms with Crippen molar-refractivity contribution >= 4 is 43.2 Å². The number of ether oxygens (including phenoxy) is 2. The average Bonchev–Trinajstić information content (AvgIpc) is 3.00. The van der Waals surface area contributed by atoms with Gasteiger partial charge in [-0.2, -0.15) is 0 Å². The maximum atomic E-state index is 11.9. The molecule has 0 bridgehead atoms. The number of halogens is 2. The highest BCUT2D eigenvalue weighted by atomic mass is 79.9. The molecular weight excluding hydrogens is 508 g/mol. The maximum absolute atomic E-state index is 11.9. The Labute approximate surface area is 196 Å². The highest BCUT2D eigenvalue weighted by molar-refractivity contribution is 9.11. The first-order valence-electron chi connectivity index (χ1n) is 10.3. The number of hydrogen-bond acceptors (Lipinski definition) is 3. The van der Waals surface area contributed by atoms with Crippen LogP contribution in [0, 0.1) is 0 Å². The second-order valence-corrected chi connectivity index (χ2v) is 9.72. The first kappa shape index (κ1) is 23.1. The number of benzene rings is 2. The van der Waals surface area contributed by atoms with Crippen LogP contribution < -0.4 is 9.47 Å². The molecule has 2 aromatic carbocycles. The van der Waals surface area contributed by atoms with Gasteiger partial charge in [0.1, 0.15) is 11.5 Å². The second-order valence-electron chi connectivity index (χ2n) is 7.65. The molecule has 1 unspecified atom stereocenters. The molecule has 0 N–H and O–H groups in total. The van der Waals surface area contributed by atoms with E-state index in [9.17, 15) is 4.79 Å². The van der Waals surface area contributed by atoms with Gasteiger partial charge >= 0.3 is 0 Å². The van der Waals surface area contributed by atoms with E-state index >= 15 is 0 Å². The molecule has 160 valence electrons. The lowest BCUT2D eigenvalue weighted by molar-refractivity contribution is 0.0990. The molecule has 0 amide bonds. The predicted molar refractivity (Wildman–Crippen MR) is 130 cm³/mol. The zero-order chi connectivity index (χ0) is 21.7. The van der Waals surface area contributed by atoms with E-state index in [1.54, 1.807) is 14.2 Å². The largest absolute Gasteiger partial charge is 0.497 e. The molecule has 1 atom stereocenters. The van der Waals surface area contributed by atoms with Crippen LogP contribution >= 0.6 is 31.9 Å². The fraction of sp³-hybridized carbons (Fsp3) is 0.400. The van der Waals surface area contributed by atoms with Gasteiger partial charge < -0.3 is 9.47 Å². The quantitative estimate of drug-likeness (QED) is 0.303. The van der Waals surface area contributed by atoms with Crippen molar-refractivity contribution in [3.8, 4) is 11.5 Å². The molecule has 0 radical (unpaired) electrons. The molecule has 0 fully saturated rings. The second kappa shape index (κ2) is 10.6. The van der Waals surface area contributed by atoms with Gasteiger partial charge in [0.15, 0.2) is 5.78 Å². The number of allylic oxidation sites excluding steroid dienone is 2. The highest BCUT2D eigenvalue weighted by Crippen LogP contribution is 2.34. The number of ketones is 1. The number of methoxy groups -OCH3 is 2. The van der Waals surface area contributed by atoms with Crippen LogP contribution in [0.3, 0.4) is 0 Å².